The summed E-state index contributed by atoms with van der Waals surface area (Å²) in [5.41, 5.74) is 2.90. The molecule has 1 aliphatic rings. The summed E-state index contributed by atoms with van der Waals surface area (Å²) < 4.78 is 0. The van der Waals surface area contributed by atoms with Crippen LogP contribution in [0.5, 0.6) is 0 Å². The molecule has 1 aliphatic carbocycles. The van der Waals surface area contributed by atoms with E-state index in [0.29, 0.717) is 5.92 Å². The largest absolute Gasteiger partial charge is 0.103 e. The highest BCUT2D eigenvalue weighted by atomic mass is 14.2. The van der Waals surface area contributed by atoms with Crippen LogP contribution in [0, 0.1) is 5.92 Å². The lowest BCUT2D eigenvalue weighted by Crippen LogP contribution is -1.96. The Hall–Kier alpha value is -1.30. The van der Waals surface area contributed by atoms with E-state index in [1.807, 2.05) is 6.08 Å². The summed E-state index contributed by atoms with van der Waals surface area (Å²) in [5, 5.41) is 0. The van der Waals surface area contributed by atoms with E-state index < -0.39 is 0 Å². The SMILES string of the molecule is C=CCC1CCC=C1c1ccccc1. The van der Waals surface area contributed by atoms with E-state index in [1.165, 1.54) is 24.0 Å². The molecule has 0 fully saturated rings. The lowest BCUT2D eigenvalue weighted by molar-refractivity contribution is 0.658. The number of rotatable bonds is 3. The van der Waals surface area contributed by atoms with Crippen molar-refractivity contribution in [3.05, 3.63) is 54.6 Å². The first-order valence-electron chi connectivity index (χ1n) is 5.28. The minimum absolute atomic E-state index is 0.704. The maximum Gasteiger partial charge on any atom is -0.0122 e. The molecule has 1 aromatic carbocycles. The van der Waals surface area contributed by atoms with Crippen molar-refractivity contribution in [2.75, 3.05) is 0 Å². The zero-order valence-electron chi connectivity index (χ0n) is 8.45. The molecule has 0 aliphatic heterocycles. The molecular weight excluding hydrogens is 168 g/mol. The third kappa shape index (κ3) is 1.79. The molecule has 0 radical (unpaired) electrons. The Morgan fingerprint density at radius 1 is 1.29 bits per heavy atom. The fourth-order valence-corrected chi connectivity index (χ4v) is 2.19. The van der Waals surface area contributed by atoms with Gasteiger partial charge in [0.15, 0.2) is 0 Å². The summed E-state index contributed by atoms with van der Waals surface area (Å²) in [7, 11) is 0. The first kappa shape index (κ1) is 9.26. The van der Waals surface area contributed by atoms with E-state index in [0.717, 1.165) is 6.42 Å². The predicted octanol–water partition coefficient (Wildman–Crippen LogP) is 4.06. The third-order valence-corrected chi connectivity index (χ3v) is 2.88. The van der Waals surface area contributed by atoms with Gasteiger partial charge in [0, 0.05) is 0 Å². The van der Waals surface area contributed by atoms with E-state index in [9.17, 15) is 0 Å². The van der Waals surface area contributed by atoms with Gasteiger partial charge < -0.3 is 0 Å². The molecule has 0 spiro atoms. The van der Waals surface area contributed by atoms with Gasteiger partial charge in [0.25, 0.3) is 0 Å². The zero-order chi connectivity index (χ0) is 9.80. The fraction of sp³-hybridized carbons (Fsp3) is 0.286. The van der Waals surface area contributed by atoms with E-state index in [-0.39, 0.29) is 0 Å². The first-order chi connectivity index (χ1) is 6.92. The van der Waals surface area contributed by atoms with Gasteiger partial charge in [-0.1, -0.05) is 42.5 Å². The Bertz CT molecular complexity index is 332. The monoisotopic (exact) mass is 184 g/mol. The number of hydrogen-bond donors (Lipinski definition) is 0. The van der Waals surface area contributed by atoms with Gasteiger partial charge in [-0.2, -0.15) is 0 Å². The van der Waals surface area contributed by atoms with Crippen molar-refractivity contribution in [1.29, 1.82) is 0 Å². The van der Waals surface area contributed by atoms with Gasteiger partial charge in [0.1, 0.15) is 0 Å². The Morgan fingerprint density at radius 3 is 2.79 bits per heavy atom. The highest BCUT2D eigenvalue weighted by Crippen LogP contribution is 2.35. The Kier molecular flexibility index (Phi) is 2.83. The van der Waals surface area contributed by atoms with Crippen LogP contribution in [0.3, 0.4) is 0 Å². The van der Waals surface area contributed by atoms with Gasteiger partial charge in [-0.15, -0.1) is 6.58 Å². The molecule has 72 valence electrons. The molecule has 1 atom stereocenters. The van der Waals surface area contributed by atoms with E-state index >= 15 is 0 Å². The third-order valence-electron chi connectivity index (χ3n) is 2.88. The number of benzene rings is 1. The molecular formula is C14H16. The van der Waals surface area contributed by atoms with E-state index in [4.69, 9.17) is 0 Å². The summed E-state index contributed by atoms with van der Waals surface area (Å²) in [5.74, 6) is 0.704. The fourth-order valence-electron chi connectivity index (χ4n) is 2.19. The molecule has 0 nitrogen and oxygen atoms in total. The Morgan fingerprint density at radius 2 is 2.07 bits per heavy atom. The Balaban J connectivity index is 2.22. The summed E-state index contributed by atoms with van der Waals surface area (Å²) >= 11 is 0. The average molecular weight is 184 g/mol. The molecule has 0 heterocycles. The molecule has 0 aromatic heterocycles. The van der Waals surface area contributed by atoms with Crippen LogP contribution in [0.4, 0.5) is 0 Å². The molecule has 0 amide bonds. The summed E-state index contributed by atoms with van der Waals surface area (Å²) in [6, 6.07) is 10.7. The van der Waals surface area contributed by atoms with Crippen molar-refractivity contribution in [3.63, 3.8) is 0 Å². The van der Waals surface area contributed by atoms with Crippen molar-refractivity contribution in [2.45, 2.75) is 19.3 Å². The van der Waals surface area contributed by atoms with Crippen LogP contribution in [0.15, 0.2) is 49.1 Å². The second kappa shape index (κ2) is 4.28. The van der Waals surface area contributed by atoms with Gasteiger partial charge in [-0.25, -0.2) is 0 Å². The van der Waals surface area contributed by atoms with Crippen molar-refractivity contribution >= 4 is 5.57 Å². The van der Waals surface area contributed by atoms with E-state index in [1.54, 1.807) is 0 Å². The zero-order valence-corrected chi connectivity index (χ0v) is 8.45. The normalized spacial score (nSPS) is 20.6. The van der Waals surface area contributed by atoms with Gasteiger partial charge >= 0.3 is 0 Å². The van der Waals surface area contributed by atoms with Gasteiger partial charge in [-0.3, -0.25) is 0 Å². The molecule has 2 rings (SSSR count). The predicted molar refractivity (Wildman–Crippen MR) is 62.0 cm³/mol. The average Bonchev–Trinajstić information content (AvgIpc) is 2.68. The maximum atomic E-state index is 3.83. The van der Waals surface area contributed by atoms with Crippen LogP contribution in [0.1, 0.15) is 24.8 Å². The second-order valence-electron chi connectivity index (χ2n) is 3.82. The molecule has 14 heavy (non-hydrogen) atoms. The molecule has 1 aromatic rings. The van der Waals surface area contributed by atoms with Crippen molar-refractivity contribution in [3.8, 4) is 0 Å². The molecule has 0 heteroatoms. The number of hydrogen-bond acceptors (Lipinski definition) is 0. The van der Waals surface area contributed by atoms with Crippen LogP contribution < -0.4 is 0 Å². The second-order valence-corrected chi connectivity index (χ2v) is 3.82. The molecule has 0 N–H and O–H groups in total. The minimum atomic E-state index is 0.704. The van der Waals surface area contributed by atoms with Gasteiger partial charge in [0.05, 0.1) is 0 Å². The van der Waals surface area contributed by atoms with Crippen molar-refractivity contribution < 1.29 is 0 Å². The van der Waals surface area contributed by atoms with Crippen LogP contribution in [-0.4, -0.2) is 0 Å². The van der Waals surface area contributed by atoms with Crippen molar-refractivity contribution in [1.82, 2.24) is 0 Å². The van der Waals surface area contributed by atoms with Crippen LogP contribution in [0.2, 0.25) is 0 Å². The maximum absolute atomic E-state index is 3.83. The lowest BCUT2D eigenvalue weighted by atomic mass is 9.92. The summed E-state index contributed by atoms with van der Waals surface area (Å²) in [6.07, 6.45) is 8.04. The molecule has 0 saturated heterocycles. The van der Waals surface area contributed by atoms with Crippen LogP contribution in [-0.2, 0) is 0 Å². The van der Waals surface area contributed by atoms with E-state index in [2.05, 4.69) is 43.0 Å². The topological polar surface area (TPSA) is 0 Å². The first-order valence-corrected chi connectivity index (χ1v) is 5.28. The lowest BCUT2D eigenvalue weighted by Gasteiger charge is -2.12. The van der Waals surface area contributed by atoms with Gasteiger partial charge in [-0.05, 0) is 36.3 Å². The highest BCUT2D eigenvalue weighted by molar-refractivity contribution is 5.69. The van der Waals surface area contributed by atoms with Crippen LogP contribution >= 0.6 is 0 Å². The Labute approximate surface area is 86.0 Å². The minimum Gasteiger partial charge on any atom is -0.103 e. The summed E-state index contributed by atoms with van der Waals surface area (Å²) in [4.78, 5) is 0. The highest BCUT2D eigenvalue weighted by Gasteiger charge is 2.18. The van der Waals surface area contributed by atoms with Crippen LogP contribution in [0.25, 0.3) is 5.57 Å². The quantitative estimate of drug-likeness (QED) is 0.621. The summed E-state index contributed by atoms with van der Waals surface area (Å²) in [6.45, 7) is 3.83. The number of allylic oxidation sites excluding steroid dienone is 3. The van der Waals surface area contributed by atoms with Gasteiger partial charge in [0.2, 0.25) is 0 Å². The smallest absolute Gasteiger partial charge is 0.0122 e. The standard InChI is InChI=1S/C14H16/c1-2-7-12-10-6-11-14(12)13-8-4-3-5-9-13/h2-5,8-9,11-12H,1,6-7,10H2. The molecule has 0 bridgehead atoms. The molecule has 1 unspecified atom stereocenters. The van der Waals surface area contributed by atoms with Crippen molar-refractivity contribution in [2.24, 2.45) is 5.92 Å². The molecule has 0 saturated carbocycles.